The van der Waals surface area contributed by atoms with Gasteiger partial charge in [0.1, 0.15) is 0 Å². The predicted octanol–water partition coefficient (Wildman–Crippen LogP) is 1.88. The van der Waals surface area contributed by atoms with E-state index in [-0.39, 0.29) is 0 Å². The van der Waals surface area contributed by atoms with Gasteiger partial charge in [0.2, 0.25) is 0 Å². The lowest BCUT2D eigenvalue weighted by atomic mass is 10.1. The maximum atomic E-state index is 10.7. The highest BCUT2D eigenvalue weighted by Crippen LogP contribution is 2.05. The highest BCUT2D eigenvalue weighted by Gasteiger charge is 2.02. The molecule has 0 radical (unpaired) electrons. The van der Waals surface area contributed by atoms with E-state index < -0.39 is 5.97 Å². The molecule has 3 nitrogen and oxygen atoms in total. The van der Waals surface area contributed by atoms with E-state index in [1.165, 1.54) is 0 Å². The Hall–Kier alpha value is -1.35. The van der Waals surface area contributed by atoms with Crippen molar-refractivity contribution in [3.63, 3.8) is 0 Å². The predicted molar refractivity (Wildman–Crippen MR) is 55.4 cm³/mol. The summed E-state index contributed by atoms with van der Waals surface area (Å²) in [6, 6.07) is 7.38. The van der Waals surface area contributed by atoms with E-state index in [0.29, 0.717) is 18.2 Å². The van der Waals surface area contributed by atoms with Crippen molar-refractivity contribution in [2.45, 2.75) is 26.4 Å². The van der Waals surface area contributed by atoms with Crippen LogP contribution in [0, 0.1) is 0 Å². The normalized spacial score (nSPS) is 10.5. The lowest BCUT2D eigenvalue weighted by Crippen LogP contribution is -2.21. The number of rotatable bonds is 4. The fourth-order valence-corrected chi connectivity index (χ4v) is 1.14. The van der Waals surface area contributed by atoms with Crippen molar-refractivity contribution in [3.8, 4) is 0 Å². The number of carboxylic acid groups (broad SMARTS) is 1. The standard InChI is InChI=1S/C11H15NO2/c1-8(2)12-7-9-4-3-5-10(6-9)11(13)14/h3-6,8,12H,7H2,1-2H3,(H,13,14). The SMILES string of the molecule is CC(C)NCc1cccc(C(=O)O)c1. The number of nitrogens with one attached hydrogen (secondary N) is 1. The van der Waals surface area contributed by atoms with Crippen LogP contribution < -0.4 is 5.32 Å². The van der Waals surface area contributed by atoms with E-state index in [0.717, 1.165) is 5.56 Å². The summed E-state index contributed by atoms with van der Waals surface area (Å²) in [5.74, 6) is -0.878. The van der Waals surface area contributed by atoms with Gasteiger partial charge in [0.25, 0.3) is 0 Å². The molecule has 1 rings (SSSR count). The summed E-state index contributed by atoms with van der Waals surface area (Å²) < 4.78 is 0. The minimum Gasteiger partial charge on any atom is -0.478 e. The number of aromatic carboxylic acids is 1. The molecule has 3 heteroatoms. The topological polar surface area (TPSA) is 49.3 Å². The first-order chi connectivity index (χ1) is 6.59. The van der Waals surface area contributed by atoms with Gasteiger partial charge in [0.15, 0.2) is 0 Å². The maximum Gasteiger partial charge on any atom is 0.335 e. The van der Waals surface area contributed by atoms with Crippen LogP contribution in [0.2, 0.25) is 0 Å². The van der Waals surface area contributed by atoms with Gasteiger partial charge in [0, 0.05) is 12.6 Å². The van der Waals surface area contributed by atoms with Crippen molar-refractivity contribution in [3.05, 3.63) is 35.4 Å². The average molecular weight is 193 g/mol. The van der Waals surface area contributed by atoms with Crippen molar-refractivity contribution in [1.29, 1.82) is 0 Å². The Kier molecular flexibility index (Phi) is 3.65. The highest BCUT2D eigenvalue weighted by molar-refractivity contribution is 5.87. The summed E-state index contributed by atoms with van der Waals surface area (Å²) >= 11 is 0. The Labute approximate surface area is 83.8 Å². The van der Waals surface area contributed by atoms with Crippen LogP contribution in [0.1, 0.15) is 29.8 Å². The Balaban J connectivity index is 2.69. The average Bonchev–Trinajstić information content (AvgIpc) is 2.15. The van der Waals surface area contributed by atoms with Gasteiger partial charge in [0.05, 0.1) is 5.56 Å². The molecule has 0 aliphatic rings. The first-order valence-corrected chi connectivity index (χ1v) is 4.65. The number of carboxylic acids is 1. The van der Waals surface area contributed by atoms with Gasteiger partial charge < -0.3 is 10.4 Å². The lowest BCUT2D eigenvalue weighted by Gasteiger charge is -2.08. The third-order valence-corrected chi connectivity index (χ3v) is 1.89. The van der Waals surface area contributed by atoms with Gasteiger partial charge in [-0.2, -0.15) is 0 Å². The molecule has 1 aromatic carbocycles. The molecule has 0 aliphatic heterocycles. The van der Waals surface area contributed by atoms with Gasteiger partial charge >= 0.3 is 5.97 Å². The Morgan fingerprint density at radius 3 is 2.79 bits per heavy atom. The first-order valence-electron chi connectivity index (χ1n) is 4.65. The summed E-state index contributed by atoms with van der Waals surface area (Å²) in [5, 5.41) is 12.0. The fourth-order valence-electron chi connectivity index (χ4n) is 1.14. The zero-order valence-corrected chi connectivity index (χ0v) is 8.45. The molecule has 0 bridgehead atoms. The van der Waals surface area contributed by atoms with Crippen LogP contribution in [0.25, 0.3) is 0 Å². The van der Waals surface area contributed by atoms with Gasteiger partial charge in [-0.25, -0.2) is 4.79 Å². The first kappa shape index (κ1) is 10.7. The van der Waals surface area contributed by atoms with E-state index in [1.54, 1.807) is 18.2 Å². The summed E-state index contributed by atoms with van der Waals surface area (Å²) in [5.41, 5.74) is 1.34. The van der Waals surface area contributed by atoms with E-state index in [2.05, 4.69) is 19.2 Å². The smallest absolute Gasteiger partial charge is 0.335 e. The molecule has 0 heterocycles. The molecule has 0 unspecified atom stereocenters. The summed E-state index contributed by atoms with van der Waals surface area (Å²) in [4.78, 5) is 10.7. The molecule has 0 saturated carbocycles. The van der Waals surface area contributed by atoms with Crippen molar-refractivity contribution in [2.75, 3.05) is 0 Å². The molecule has 0 fully saturated rings. The molecule has 76 valence electrons. The van der Waals surface area contributed by atoms with Crippen LogP contribution in [0.5, 0.6) is 0 Å². The van der Waals surface area contributed by atoms with Crippen LogP contribution >= 0.6 is 0 Å². The largest absolute Gasteiger partial charge is 0.478 e. The summed E-state index contributed by atoms with van der Waals surface area (Å²) in [7, 11) is 0. The molecule has 0 spiro atoms. The fraction of sp³-hybridized carbons (Fsp3) is 0.364. The Bertz CT molecular complexity index is 321. The van der Waals surface area contributed by atoms with E-state index in [9.17, 15) is 4.79 Å². The van der Waals surface area contributed by atoms with Gasteiger partial charge in [-0.15, -0.1) is 0 Å². The van der Waals surface area contributed by atoms with E-state index in [4.69, 9.17) is 5.11 Å². The van der Waals surface area contributed by atoms with Gasteiger partial charge in [-0.05, 0) is 17.7 Å². The van der Waals surface area contributed by atoms with Crippen molar-refractivity contribution >= 4 is 5.97 Å². The van der Waals surface area contributed by atoms with Crippen LogP contribution in [0.4, 0.5) is 0 Å². The van der Waals surface area contributed by atoms with Crippen LogP contribution in [-0.4, -0.2) is 17.1 Å². The molecule has 14 heavy (non-hydrogen) atoms. The molecule has 0 amide bonds. The van der Waals surface area contributed by atoms with Crippen LogP contribution in [-0.2, 0) is 6.54 Å². The summed E-state index contributed by atoms with van der Waals surface area (Å²) in [6.07, 6.45) is 0. The third kappa shape index (κ3) is 3.18. The number of hydrogen-bond donors (Lipinski definition) is 2. The Morgan fingerprint density at radius 2 is 2.21 bits per heavy atom. The molecule has 2 N–H and O–H groups in total. The maximum absolute atomic E-state index is 10.7. The Morgan fingerprint density at radius 1 is 1.50 bits per heavy atom. The van der Waals surface area contributed by atoms with E-state index >= 15 is 0 Å². The van der Waals surface area contributed by atoms with Crippen molar-refractivity contribution < 1.29 is 9.90 Å². The monoisotopic (exact) mass is 193 g/mol. The molecule has 0 atom stereocenters. The molecular weight excluding hydrogens is 178 g/mol. The second-order valence-corrected chi connectivity index (χ2v) is 3.54. The minimum atomic E-state index is -0.878. The molecule has 1 aromatic rings. The minimum absolute atomic E-state index is 0.341. The number of carbonyl (C=O) groups is 1. The lowest BCUT2D eigenvalue weighted by molar-refractivity contribution is 0.0697. The molecule has 0 saturated heterocycles. The zero-order valence-electron chi connectivity index (χ0n) is 8.45. The second kappa shape index (κ2) is 4.77. The van der Waals surface area contributed by atoms with Crippen molar-refractivity contribution in [1.82, 2.24) is 5.32 Å². The molecule has 0 aliphatic carbocycles. The molecule has 0 aromatic heterocycles. The highest BCUT2D eigenvalue weighted by atomic mass is 16.4. The van der Waals surface area contributed by atoms with Crippen LogP contribution in [0.15, 0.2) is 24.3 Å². The van der Waals surface area contributed by atoms with Gasteiger partial charge in [-0.1, -0.05) is 26.0 Å². The zero-order chi connectivity index (χ0) is 10.6. The van der Waals surface area contributed by atoms with Crippen LogP contribution in [0.3, 0.4) is 0 Å². The van der Waals surface area contributed by atoms with Crippen molar-refractivity contribution in [2.24, 2.45) is 0 Å². The number of benzene rings is 1. The summed E-state index contributed by atoms with van der Waals surface area (Å²) in [6.45, 7) is 4.82. The quantitative estimate of drug-likeness (QED) is 0.767. The second-order valence-electron chi connectivity index (χ2n) is 3.54. The molecular formula is C11H15NO2. The van der Waals surface area contributed by atoms with Gasteiger partial charge in [-0.3, -0.25) is 0 Å². The number of hydrogen-bond acceptors (Lipinski definition) is 2. The van der Waals surface area contributed by atoms with E-state index in [1.807, 2.05) is 6.07 Å². The third-order valence-electron chi connectivity index (χ3n) is 1.89.